The normalized spacial score (nSPS) is 12.2. The lowest BCUT2D eigenvalue weighted by Crippen LogP contribution is -2.36. The summed E-state index contributed by atoms with van der Waals surface area (Å²) in [5, 5.41) is 9.12. The Hall–Kier alpha value is -1.51. The van der Waals surface area contributed by atoms with Gasteiger partial charge in [-0.15, -0.1) is 0 Å². The fourth-order valence-corrected chi connectivity index (χ4v) is 2.87. The maximum absolute atomic E-state index is 13.3. The molecule has 0 fully saturated rings. The first kappa shape index (κ1) is 17.5. The molecule has 2 N–H and O–H groups in total. The van der Waals surface area contributed by atoms with Crippen molar-refractivity contribution in [3.05, 3.63) is 29.6 Å². The van der Waals surface area contributed by atoms with Crippen molar-refractivity contribution in [3.63, 3.8) is 0 Å². The number of aliphatic hydroxyl groups excluding tert-OH is 1. The molecule has 21 heavy (non-hydrogen) atoms. The van der Waals surface area contributed by atoms with Crippen molar-refractivity contribution in [2.45, 2.75) is 18.7 Å². The number of aliphatic hydroxyl groups is 1. The van der Waals surface area contributed by atoms with Crippen LogP contribution in [0.5, 0.6) is 0 Å². The van der Waals surface area contributed by atoms with Gasteiger partial charge in [-0.05, 0) is 18.2 Å². The predicted molar refractivity (Wildman–Crippen MR) is 73.8 cm³/mol. The highest BCUT2D eigenvalue weighted by Gasteiger charge is 2.26. The quantitative estimate of drug-likeness (QED) is 0.760. The van der Waals surface area contributed by atoms with E-state index >= 15 is 0 Å². The predicted octanol–water partition coefficient (Wildman–Crippen LogP) is 0.909. The van der Waals surface area contributed by atoms with Crippen LogP contribution in [0.3, 0.4) is 0 Å². The van der Waals surface area contributed by atoms with Crippen molar-refractivity contribution in [1.82, 2.24) is 4.72 Å². The molecule has 0 spiro atoms. The van der Waals surface area contributed by atoms with Crippen molar-refractivity contribution in [2.24, 2.45) is 5.41 Å². The summed E-state index contributed by atoms with van der Waals surface area (Å²) in [6.07, 6.45) is 0. The highest BCUT2D eigenvalue weighted by atomic mass is 32.2. The Labute approximate surface area is 123 Å². The van der Waals surface area contributed by atoms with Gasteiger partial charge in [0.25, 0.3) is 0 Å². The summed E-state index contributed by atoms with van der Waals surface area (Å²) in [4.78, 5) is 11.1. The fourth-order valence-electron chi connectivity index (χ4n) is 1.42. The third-order valence-corrected chi connectivity index (χ3v) is 4.25. The maximum Gasteiger partial charge on any atom is 0.339 e. The molecule has 6 nitrogen and oxygen atoms in total. The minimum absolute atomic E-state index is 0.0665. The van der Waals surface area contributed by atoms with Crippen LogP contribution in [0, 0.1) is 11.2 Å². The van der Waals surface area contributed by atoms with Gasteiger partial charge in [-0.2, -0.15) is 0 Å². The number of esters is 1. The number of hydrogen-bond acceptors (Lipinski definition) is 5. The zero-order valence-corrected chi connectivity index (χ0v) is 12.8. The van der Waals surface area contributed by atoms with E-state index in [1.54, 1.807) is 13.8 Å². The summed E-state index contributed by atoms with van der Waals surface area (Å²) in [6.45, 7) is 3.01. The highest BCUT2D eigenvalue weighted by Crippen LogP contribution is 2.20. The summed E-state index contributed by atoms with van der Waals surface area (Å²) in [5.74, 6) is -1.67. The van der Waals surface area contributed by atoms with Gasteiger partial charge < -0.3 is 9.84 Å². The largest absolute Gasteiger partial charge is 0.465 e. The minimum Gasteiger partial charge on any atom is -0.465 e. The lowest BCUT2D eigenvalue weighted by atomic mass is 9.96. The molecule has 0 unspecified atom stereocenters. The number of ether oxygens (including phenoxy) is 1. The molecule has 1 aromatic rings. The van der Waals surface area contributed by atoms with Gasteiger partial charge in [-0.1, -0.05) is 13.8 Å². The lowest BCUT2D eigenvalue weighted by molar-refractivity contribution is 0.0596. The molecule has 1 aromatic carbocycles. The van der Waals surface area contributed by atoms with Crippen molar-refractivity contribution in [3.8, 4) is 0 Å². The van der Waals surface area contributed by atoms with E-state index in [4.69, 9.17) is 5.11 Å². The van der Waals surface area contributed by atoms with E-state index in [0.717, 1.165) is 25.3 Å². The third-order valence-electron chi connectivity index (χ3n) is 2.81. The van der Waals surface area contributed by atoms with E-state index in [1.165, 1.54) is 0 Å². The van der Waals surface area contributed by atoms with Gasteiger partial charge in [-0.3, -0.25) is 0 Å². The van der Waals surface area contributed by atoms with Crippen molar-refractivity contribution in [2.75, 3.05) is 20.3 Å². The Morgan fingerprint density at radius 2 is 2.05 bits per heavy atom. The Morgan fingerprint density at radius 1 is 1.43 bits per heavy atom. The minimum atomic E-state index is -4.11. The Morgan fingerprint density at radius 3 is 2.57 bits per heavy atom. The van der Waals surface area contributed by atoms with Gasteiger partial charge >= 0.3 is 5.97 Å². The Balaban J connectivity index is 3.19. The first-order valence-electron chi connectivity index (χ1n) is 6.11. The molecule has 0 aliphatic heterocycles. The highest BCUT2D eigenvalue weighted by molar-refractivity contribution is 7.89. The number of methoxy groups -OCH3 is 1. The lowest BCUT2D eigenvalue weighted by Gasteiger charge is -2.22. The molecule has 8 heteroatoms. The topological polar surface area (TPSA) is 92.7 Å². The molecule has 0 bridgehead atoms. The second-order valence-electron chi connectivity index (χ2n) is 5.28. The zero-order chi connectivity index (χ0) is 16.3. The van der Waals surface area contributed by atoms with Crippen LogP contribution in [0.4, 0.5) is 4.39 Å². The molecule has 118 valence electrons. The molecular weight excluding hydrogens is 301 g/mol. The molecular formula is C13H18FNO5S. The number of nitrogens with one attached hydrogen (secondary N) is 1. The van der Waals surface area contributed by atoms with Gasteiger partial charge in [0.2, 0.25) is 10.0 Å². The van der Waals surface area contributed by atoms with Crippen LogP contribution in [0.2, 0.25) is 0 Å². The third kappa shape index (κ3) is 4.48. The summed E-state index contributed by atoms with van der Waals surface area (Å²) in [7, 11) is -3.01. The number of sulfonamides is 1. The SMILES string of the molecule is COC(=O)c1ccc(F)cc1S(=O)(=O)NCC(C)(C)CO. The number of benzene rings is 1. The second kappa shape index (κ2) is 6.50. The summed E-state index contributed by atoms with van der Waals surface area (Å²) in [6, 6.07) is 2.77. The standard InChI is InChI=1S/C13H18FNO5S/c1-13(2,8-16)7-15-21(18,19)11-6-9(14)4-5-10(11)12(17)20-3/h4-6,15-16H,7-8H2,1-3H3. The first-order chi connectivity index (χ1) is 9.63. The van der Waals surface area contributed by atoms with Crippen LogP contribution in [0.15, 0.2) is 23.1 Å². The smallest absolute Gasteiger partial charge is 0.339 e. The average molecular weight is 319 g/mol. The molecule has 0 heterocycles. The van der Waals surface area contributed by atoms with E-state index in [-0.39, 0.29) is 18.7 Å². The van der Waals surface area contributed by atoms with E-state index in [9.17, 15) is 17.6 Å². The molecule has 0 radical (unpaired) electrons. The van der Waals surface area contributed by atoms with Crippen LogP contribution in [0.1, 0.15) is 24.2 Å². The molecule has 0 atom stereocenters. The Kier molecular flexibility index (Phi) is 5.43. The molecule has 0 aliphatic rings. The number of rotatable bonds is 6. The number of halogens is 1. The Bertz CT molecular complexity index is 627. The van der Waals surface area contributed by atoms with E-state index in [2.05, 4.69) is 9.46 Å². The number of hydrogen-bond donors (Lipinski definition) is 2. The summed E-state index contributed by atoms with van der Waals surface area (Å²) < 4.78 is 44.5. The van der Waals surface area contributed by atoms with E-state index in [1.807, 2.05) is 0 Å². The monoisotopic (exact) mass is 319 g/mol. The van der Waals surface area contributed by atoms with Gasteiger partial charge in [0.1, 0.15) is 5.82 Å². The van der Waals surface area contributed by atoms with Gasteiger partial charge in [0.15, 0.2) is 0 Å². The van der Waals surface area contributed by atoms with Crippen molar-refractivity contribution < 1.29 is 27.4 Å². The van der Waals surface area contributed by atoms with E-state index < -0.39 is 32.1 Å². The number of carbonyl (C=O) groups excluding carboxylic acids is 1. The maximum atomic E-state index is 13.3. The average Bonchev–Trinajstić information content (AvgIpc) is 2.44. The summed E-state index contributed by atoms with van der Waals surface area (Å²) in [5.41, 5.74) is -0.945. The molecule has 0 saturated heterocycles. The second-order valence-corrected chi connectivity index (χ2v) is 7.01. The molecule has 0 aliphatic carbocycles. The van der Waals surface area contributed by atoms with Crippen molar-refractivity contribution in [1.29, 1.82) is 0 Å². The number of carbonyl (C=O) groups is 1. The molecule has 0 amide bonds. The van der Waals surface area contributed by atoms with Crippen molar-refractivity contribution >= 4 is 16.0 Å². The molecule has 0 aromatic heterocycles. The van der Waals surface area contributed by atoms with Crippen LogP contribution in [-0.4, -0.2) is 39.8 Å². The van der Waals surface area contributed by atoms with Crippen LogP contribution in [-0.2, 0) is 14.8 Å². The first-order valence-corrected chi connectivity index (χ1v) is 7.60. The van der Waals surface area contributed by atoms with Gasteiger partial charge in [-0.25, -0.2) is 22.3 Å². The fraction of sp³-hybridized carbons (Fsp3) is 0.462. The van der Waals surface area contributed by atoms with Gasteiger partial charge in [0, 0.05) is 18.6 Å². The van der Waals surface area contributed by atoms with E-state index in [0.29, 0.717) is 0 Å². The molecule has 0 saturated carbocycles. The van der Waals surface area contributed by atoms with Crippen LogP contribution >= 0.6 is 0 Å². The van der Waals surface area contributed by atoms with Crippen LogP contribution < -0.4 is 4.72 Å². The van der Waals surface area contributed by atoms with Gasteiger partial charge in [0.05, 0.1) is 17.6 Å². The summed E-state index contributed by atoms with van der Waals surface area (Å²) >= 11 is 0. The molecule has 1 rings (SSSR count). The van der Waals surface area contributed by atoms with Crippen LogP contribution in [0.25, 0.3) is 0 Å². The zero-order valence-electron chi connectivity index (χ0n) is 12.0.